The highest BCUT2D eigenvalue weighted by molar-refractivity contribution is 6.99. The van der Waals surface area contributed by atoms with E-state index in [1.165, 1.54) is 10.4 Å². The molecule has 3 aromatic rings. The zero-order valence-electron chi connectivity index (χ0n) is 23.5. The Morgan fingerprint density at radius 2 is 1.49 bits per heavy atom. The lowest BCUT2D eigenvalue weighted by molar-refractivity contribution is 0.0931. The first-order valence-electron chi connectivity index (χ1n) is 13.5. The molecule has 2 atom stereocenters. The number of piperidine rings is 1. The van der Waals surface area contributed by atoms with Crippen LogP contribution in [0, 0.1) is 5.41 Å². The molecule has 0 bridgehead atoms. The van der Waals surface area contributed by atoms with E-state index in [1.54, 1.807) is 12.4 Å². The van der Waals surface area contributed by atoms with Crippen LogP contribution in [-0.4, -0.2) is 37.0 Å². The summed E-state index contributed by atoms with van der Waals surface area (Å²) in [5.74, 6) is 1.53. The third kappa shape index (κ3) is 5.97. The average molecular weight is 518 g/mol. The van der Waals surface area contributed by atoms with Gasteiger partial charge in [-0.15, -0.1) is 0 Å². The monoisotopic (exact) mass is 517 g/mol. The van der Waals surface area contributed by atoms with Crippen molar-refractivity contribution in [2.24, 2.45) is 5.41 Å². The van der Waals surface area contributed by atoms with Gasteiger partial charge < -0.3 is 14.5 Å². The largest absolute Gasteiger partial charge is 0.488 e. The molecule has 1 aliphatic heterocycles. The van der Waals surface area contributed by atoms with Gasteiger partial charge in [-0.1, -0.05) is 95.3 Å². The second kappa shape index (κ2) is 11.1. The van der Waals surface area contributed by atoms with E-state index in [-0.39, 0.29) is 28.6 Å². The molecule has 1 aliphatic rings. The molecule has 1 aromatic heterocycles. The van der Waals surface area contributed by atoms with Gasteiger partial charge in [0.05, 0.1) is 31.1 Å². The number of hydrogen-bond acceptors (Lipinski definition) is 5. The summed E-state index contributed by atoms with van der Waals surface area (Å²) in [6.07, 6.45) is 5.75. The number of benzene rings is 2. The first-order valence-corrected chi connectivity index (χ1v) is 15.4. The van der Waals surface area contributed by atoms with Gasteiger partial charge in [0.2, 0.25) is 0 Å². The molecule has 6 heteroatoms. The second-order valence-electron chi connectivity index (χ2n) is 12.2. The molecule has 1 fully saturated rings. The van der Waals surface area contributed by atoms with Gasteiger partial charge in [-0.05, 0) is 47.5 Å². The fourth-order valence-electron chi connectivity index (χ4n) is 5.53. The molecule has 0 radical (unpaired) electrons. The fraction of sp³-hybridized carbons (Fsp3) is 0.484. The van der Waals surface area contributed by atoms with Crippen molar-refractivity contribution in [1.82, 2.24) is 15.3 Å². The molecular formula is C31H43N3O2Si. The Labute approximate surface area is 224 Å². The van der Waals surface area contributed by atoms with E-state index in [0.717, 1.165) is 18.7 Å². The van der Waals surface area contributed by atoms with Gasteiger partial charge in [-0.2, -0.15) is 0 Å². The second-order valence-corrected chi connectivity index (χ2v) is 16.5. The van der Waals surface area contributed by atoms with Crippen LogP contribution in [0.3, 0.4) is 0 Å². The van der Waals surface area contributed by atoms with Crippen molar-refractivity contribution in [2.75, 3.05) is 6.61 Å². The van der Waals surface area contributed by atoms with Crippen LogP contribution in [0.1, 0.15) is 73.2 Å². The van der Waals surface area contributed by atoms with Crippen LogP contribution in [0.15, 0.2) is 73.1 Å². The molecule has 1 N–H and O–H groups in total. The lowest BCUT2D eigenvalue weighted by atomic mass is 9.76. The summed E-state index contributed by atoms with van der Waals surface area (Å²) < 4.78 is 13.0. The van der Waals surface area contributed by atoms with Crippen LogP contribution in [0.5, 0.6) is 5.75 Å². The predicted octanol–water partition coefficient (Wildman–Crippen LogP) is 5.66. The quantitative estimate of drug-likeness (QED) is 0.391. The molecule has 2 heterocycles. The first kappa shape index (κ1) is 27.5. The maximum absolute atomic E-state index is 7.30. The third-order valence-corrected chi connectivity index (χ3v) is 12.6. The summed E-state index contributed by atoms with van der Waals surface area (Å²) in [6.45, 7) is 16.3. The van der Waals surface area contributed by atoms with Crippen LogP contribution in [0.4, 0.5) is 0 Å². The Morgan fingerprint density at radius 3 is 1.97 bits per heavy atom. The highest BCUT2D eigenvalue weighted by atomic mass is 28.4. The van der Waals surface area contributed by atoms with Crippen LogP contribution in [0.2, 0.25) is 5.04 Å². The minimum Gasteiger partial charge on any atom is -0.488 e. The van der Waals surface area contributed by atoms with E-state index in [0.29, 0.717) is 12.4 Å². The van der Waals surface area contributed by atoms with Gasteiger partial charge in [0, 0.05) is 6.04 Å². The van der Waals surface area contributed by atoms with Crippen molar-refractivity contribution in [1.29, 1.82) is 0 Å². The SMILES string of the molecule is CC(C)Oc1cnc(C2CCC(C)(C)C(CO[Si](c3ccccc3)(c3ccccc3)C(C)(C)C)N2)nc1. The van der Waals surface area contributed by atoms with Crippen molar-refractivity contribution < 1.29 is 9.16 Å². The standard InChI is InChI=1S/C31H43N3O2Si/c1-23(2)36-24-20-32-29(33-21-24)27-18-19-31(6,7)28(34-27)22-35-37(30(3,4)5,25-14-10-8-11-15-25)26-16-12-9-13-17-26/h8-17,20-21,23,27-28,34H,18-19,22H2,1-7H3. The van der Waals surface area contributed by atoms with Gasteiger partial charge in [-0.25, -0.2) is 9.97 Å². The Bertz CT molecular complexity index is 1090. The molecule has 198 valence electrons. The molecule has 2 unspecified atom stereocenters. The number of aromatic nitrogens is 2. The van der Waals surface area contributed by atoms with E-state index < -0.39 is 8.32 Å². The molecular weight excluding hydrogens is 474 g/mol. The summed E-state index contributed by atoms with van der Waals surface area (Å²) in [5, 5.41) is 6.44. The van der Waals surface area contributed by atoms with E-state index in [1.807, 2.05) is 13.8 Å². The van der Waals surface area contributed by atoms with Crippen LogP contribution in [-0.2, 0) is 4.43 Å². The molecule has 0 spiro atoms. The molecule has 1 saturated heterocycles. The minimum atomic E-state index is -2.61. The normalized spacial score (nSPS) is 20.1. The summed E-state index contributed by atoms with van der Waals surface area (Å²) in [6, 6.07) is 22.0. The van der Waals surface area contributed by atoms with Gasteiger partial charge in [0.1, 0.15) is 5.82 Å². The lowest BCUT2D eigenvalue weighted by Gasteiger charge is -2.47. The molecule has 4 rings (SSSR count). The van der Waals surface area contributed by atoms with Gasteiger partial charge in [-0.3, -0.25) is 0 Å². The Hall–Kier alpha value is -2.54. The van der Waals surface area contributed by atoms with Crippen molar-refractivity contribution in [3.63, 3.8) is 0 Å². The molecule has 5 nitrogen and oxygen atoms in total. The van der Waals surface area contributed by atoms with Gasteiger partial charge in [0.25, 0.3) is 8.32 Å². The Morgan fingerprint density at radius 1 is 0.946 bits per heavy atom. The molecule has 0 amide bonds. The lowest BCUT2D eigenvalue weighted by Crippen LogP contribution is -2.68. The van der Waals surface area contributed by atoms with Crippen molar-refractivity contribution in [3.05, 3.63) is 78.9 Å². The predicted molar refractivity (Wildman–Crippen MR) is 154 cm³/mol. The number of rotatable bonds is 8. The maximum Gasteiger partial charge on any atom is 0.261 e. The average Bonchev–Trinajstić information content (AvgIpc) is 2.86. The van der Waals surface area contributed by atoms with Crippen molar-refractivity contribution in [2.45, 2.75) is 84.5 Å². The van der Waals surface area contributed by atoms with E-state index in [9.17, 15) is 0 Å². The Balaban J connectivity index is 1.62. The number of hydrogen-bond donors (Lipinski definition) is 1. The summed E-state index contributed by atoms with van der Waals surface area (Å²) in [4.78, 5) is 9.30. The summed E-state index contributed by atoms with van der Waals surface area (Å²) in [7, 11) is -2.61. The highest BCUT2D eigenvalue weighted by Gasteiger charge is 2.51. The third-order valence-electron chi connectivity index (χ3n) is 7.64. The minimum absolute atomic E-state index is 0.0523. The molecule has 0 aliphatic carbocycles. The topological polar surface area (TPSA) is 56.3 Å². The van der Waals surface area contributed by atoms with Gasteiger partial charge >= 0.3 is 0 Å². The van der Waals surface area contributed by atoms with E-state index in [2.05, 4.69) is 111 Å². The van der Waals surface area contributed by atoms with Gasteiger partial charge in [0.15, 0.2) is 5.75 Å². The van der Waals surface area contributed by atoms with Crippen LogP contribution in [0.25, 0.3) is 0 Å². The smallest absolute Gasteiger partial charge is 0.261 e. The highest BCUT2D eigenvalue weighted by Crippen LogP contribution is 2.40. The zero-order chi connectivity index (χ0) is 26.7. The zero-order valence-corrected chi connectivity index (χ0v) is 24.5. The van der Waals surface area contributed by atoms with Crippen molar-refractivity contribution >= 4 is 18.7 Å². The number of ether oxygens (including phenoxy) is 1. The molecule has 2 aromatic carbocycles. The van der Waals surface area contributed by atoms with E-state index in [4.69, 9.17) is 9.16 Å². The van der Waals surface area contributed by atoms with Crippen molar-refractivity contribution in [3.8, 4) is 5.75 Å². The number of nitrogens with one attached hydrogen (secondary N) is 1. The first-order chi connectivity index (χ1) is 17.5. The molecule has 37 heavy (non-hydrogen) atoms. The summed E-state index contributed by atoms with van der Waals surface area (Å²) >= 11 is 0. The molecule has 0 saturated carbocycles. The maximum atomic E-state index is 7.30. The van der Waals surface area contributed by atoms with Crippen LogP contribution < -0.4 is 20.4 Å². The van der Waals surface area contributed by atoms with Crippen LogP contribution >= 0.6 is 0 Å². The fourth-order valence-corrected chi connectivity index (χ4v) is 10.1. The van der Waals surface area contributed by atoms with E-state index >= 15 is 0 Å². The number of nitrogens with zero attached hydrogens (tertiary/aromatic N) is 2. The summed E-state index contributed by atoms with van der Waals surface area (Å²) in [5.41, 5.74) is 0.0859. The Kier molecular flexibility index (Phi) is 8.22.